The lowest BCUT2D eigenvalue weighted by Crippen LogP contribution is -2.30. The van der Waals surface area contributed by atoms with E-state index in [0.717, 1.165) is 5.69 Å². The average molecular weight is 337 g/mol. The number of anilines is 1. The Morgan fingerprint density at radius 3 is 2.65 bits per heavy atom. The predicted molar refractivity (Wildman–Crippen MR) is 85.4 cm³/mol. The molecule has 0 aliphatic heterocycles. The van der Waals surface area contributed by atoms with Crippen LogP contribution in [0.15, 0.2) is 18.3 Å². The summed E-state index contributed by atoms with van der Waals surface area (Å²) in [6.45, 7) is 5.11. The minimum absolute atomic E-state index is 0.0471. The summed E-state index contributed by atoms with van der Waals surface area (Å²) < 4.78 is 6.78. The molecule has 1 atom stereocenters. The van der Waals surface area contributed by atoms with E-state index in [4.69, 9.17) is 16.3 Å². The number of halogens is 1. The van der Waals surface area contributed by atoms with Gasteiger partial charge in [0.25, 0.3) is 5.91 Å². The normalized spacial score (nSPS) is 11.9. The second kappa shape index (κ2) is 6.78. The summed E-state index contributed by atoms with van der Waals surface area (Å²) in [7, 11) is 1.78. The first-order valence-electron chi connectivity index (χ1n) is 6.93. The molecule has 0 unspecified atom stereocenters. The van der Waals surface area contributed by atoms with Gasteiger partial charge in [0.2, 0.25) is 0 Å². The zero-order valence-electron chi connectivity index (χ0n) is 13.3. The fourth-order valence-electron chi connectivity index (χ4n) is 1.97. The average Bonchev–Trinajstić information content (AvgIpc) is 2.73. The van der Waals surface area contributed by atoms with Crippen LogP contribution in [0.3, 0.4) is 0 Å². The fourth-order valence-corrected chi connectivity index (χ4v) is 2.13. The van der Waals surface area contributed by atoms with E-state index in [0.29, 0.717) is 16.4 Å². The van der Waals surface area contributed by atoms with Crippen LogP contribution in [0, 0.1) is 13.8 Å². The van der Waals surface area contributed by atoms with E-state index in [1.54, 1.807) is 24.7 Å². The van der Waals surface area contributed by atoms with Crippen molar-refractivity contribution in [3.05, 3.63) is 40.4 Å². The quantitative estimate of drug-likeness (QED) is 0.865. The molecule has 0 fully saturated rings. The van der Waals surface area contributed by atoms with Gasteiger partial charge in [0.15, 0.2) is 6.10 Å². The first kappa shape index (κ1) is 17.0. The smallest absolute Gasteiger partial charge is 0.357 e. The molecule has 1 amide bonds. The number of aryl methyl sites for hydroxylation is 2. The molecule has 1 N–H and O–H groups in total. The van der Waals surface area contributed by atoms with E-state index in [1.165, 1.54) is 19.2 Å². The van der Waals surface area contributed by atoms with E-state index in [1.807, 2.05) is 6.92 Å². The van der Waals surface area contributed by atoms with Crippen LogP contribution in [0.4, 0.5) is 5.69 Å². The summed E-state index contributed by atoms with van der Waals surface area (Å²) in [6, 6.07) is 2.92. The van der Waals surface area contributed by atoms with Crippen molar-refractivity contribution in [2.24, 2.45) is 7.05 Å². The van der Waals surface area contributed by atoms with Crippen LogP contribution in [0.25, 0.3) is 0 Å². The molecule has 0 saturated heterocycles. The molecule has 7 nitrogen and oxygen atoms in total. The number of aromatic nitrogens is 3. The number of pyridine rings is 1. The third-order valence-electron chi connectivity index (χ3n) is 3.34. The highest BCUT2D eigenvalue weighted by atomic mass is 35.5. The maximum Gasteiger partial charge on any atom is 0.357 e. The van der Waals surface area contributed by atoms with Gasteiger partial charge < -0.3 is 10.1 Å². The molecule has 2 aromatic rings. The van der Waals surface area contributed by atoms with Crippen molar-refractivity contribution < 1.29 is 14.3 Å². The standard InChI is InChI=1S/C15H17ClN4O3/c1-8-13(9(2)20(4)19-8)18-14(21)10(3)23-15(22)12-7-11(16)5-6-17-12/h5-7,10H,1-4H3,(H,18,21)/t10-/m1/s1. The monoisotopic (exact) mass is 336 g/mol. The summed E-state index contributed by atoms with van der Waals surface area (Å²) in [5, 5.41) is 7.30. The Kier molecular flexibility index (Phi) is 5.00. The van der Waals surface area contributed by atoms with E-state index in [9.17, 15) is 9.59 Å². The summed E-state index contributed by atoms with van der Waals surface area (Å²) in [6.07, 6.45) is 0.411. The molecule has 23 heavy (non-hydrogen) atoms. The van der Waals surface area contributed by atoms with Gasteiger partial charge in [0.05, 0.1) is 17.1 Å². The van der Waals surface area contributed by atoms with Crippen molar-refractivity contribution >= 4 is 29.2 Å². The number of esters is 1. The number of nitrogens with zero attached hydrogens (tertiary/aromatic N) is 3. The van der Waals surface area contributed by atoms with Crippen molar-refractivity contribution in [3.63, 3.8) is 0 Å². The number of hydrogen-bond acceptors (Lipinski definition) is 5. The number of carbonyl (C=O) groups is 2. The lowest BCUT2D eigenvalue weighted by molar-refractivity contribution is -0.123. The van der Waals surface area contributed by atoms with Crippen LogP contribution >= 0.6 is 11.6 Å². The third kappa shape index (κ3) is 3.87. The van der Waals surface area contributed by atoms with Crippen LogP contribution < -0.4 is 5.32 Å². The van der Waals surface area contributed by atoms with Crippen molar-refractivity contribution in [2.75, 3.05) is 5.32 Å². The molecular formula is C15H17ClN4O3. The topological polar surface area (TPSA) is 86.1 Å². The lowest BCUT2D eigenvalue weighted by Gasteiger charge is -2.13. The van der Waals surface area contributed by atoms with Crippen molar-refractivity contribution in [1.29, 1.82) is 0 Å². The molecule has 0 spiro atoms. The van der Waals surface area contributed by atoms with E-state index >= 15 is 0 Å². The molecule has 2 heterocycles. The Labute approximate surface area is 138 Å². The lowest BCUT2D eigenvalue weighted by atomic mass is 10.3. The Hall–Kier alpha value is -2.41. The second-order valence-electron chi connectivity index (χ2n) is 5.07. The van der Waals surface area contributed by atoms with E-state index in [2.05, 4.69) is 15.4 Å². The van der Waals surface area contributed by atoms with Crippen LogP contribution in [-0.4, -0.2) is 32.7 Å². The molecule has 0 radical (unpaired) electrons. The molecule has 0 aliphatic rings. The molecule has 2 rings (SSSR count). The van der Waals surface area contributed by atoms with Crippen molar-refractivity contribution in [1.82, 2.24) is 14.8 Å². The maximum atomic E-state index is 12.2. The van der Waals surface area contributed by atoms with Gasteiger partial charge in [-0.3, -0.25) is 9.48 Å². The summed E-state index contributed by atoms with van der Waals surface area (Å²) in [4.78, 5) is 28.0. The first-order chi connectivity index (χ1) is 10.8. The van der Waals surface area contributed by atoms with E-state index < -0.39 is 18.0 Å². The molecule has 8 heteroatoms. The van der Waals surface area contributed by atoms with Gasteiger partial charge in [-0.1, -0.05) is 11.6 Å². The minimum Gasteiger partial charge on any atom is -0.448 e. The van der Waals surface area contributed by atoms with Gasteiger partial charge in [-0.25, -0.2) is 9.78 Å². The Bertz CT molecular complexity index is 757. The van der Waals surface area contributed by atoms with E-state index in [-0.39, 0.29) is 5.69 Å². The zero-order chi connectivity index (χ0) is 17.1. The van der Waals surface area contributed by atoms with Crippen LogP contribution in [0.2, 0.25) is 5.02 Å². The molecule has 0 saturated carbocycles. The molecule has 2 aromatic heterocycles. The highest BCUT2D eigenvalue weighted by Gasteiger charge is 2.22. The Morgan fingerprint density at radius 2 is 2.09 bits per heavy atom. The van der Waals surface area contributed by atoms with Gasteiger partial charge in [-0.05, 0) is 32.9 Å². The molecule has 0 bridgehead atoms. The third-order valence-corrected chi connectivity index (χ3v) is 3.58. The number of ether oxygens (including phenoxy) is 1. The SMILES string of the molecule is Cc1nn(C)c(C)c1NC(=O)[C@@H](C)OC(=O)c1cc(Cl)ccn1. The van der Waals surface area contributed by atoms with Gasteiger partial charge in [-0.2, -0.15) is 5.10 Å². The first-order valence-corrected chi connectivity index (χ1v) is 7.31. The zero-order valence-corrected chi connectivity index (χ0v) is 14.0. The molecule has 0 aromatic carbocycles. The number of carbonyl (C=O) groups excluding carboxylic acids is 2. The predicted octanol–water partition coefficient (Wildman–Crippen LogP) is 2.27. The van der Waals surface area contributed by atoms with Crippen LogP contribution in [0.1, 0.15) is 28.8 Å². The summed E-state index contributed by atoms with van der Waals surface area (Å²) in [5.74, 6) is -1.16. The molecule has 122 valence electrons. The molecular weight excluding hydrogens is 320 g/mol. The number of nitrogens with one attached hydrogen (secondary N) is 1. The number of hydrogen-bond donors (Lipinski definition) is 1. The largest absolute Gasteiger partial charge is 0.448 e. The second-order valence-corrected chi connectivity index (χ2v) is 5.50. The van der Waals surface area contributed by atoms with Crippen molar-refractivity contribution in [3.8, 4) is 0 Å². The van der Waals surface area contributed by atoms with Gasteiger partial charge in [0.1, 0.15) is 5.69 Å². The fraction of sp³-hybridized carbons (Fsp3) is 0.333. The highest BCUT2D eigenvalue weighted by molar-refractivity contribution is 6.30. The number of amides is 1. The van der Waals surface area contributed by atoms with Crippen LogP contribution in [0.5, 0.6) is 0 Å². The summed E-state index contributed by atoms with van der Waals surface area (Å²) in [5.41, 5.74) is 2.16. The molecule has 0 aliphatic carbocycles. The summed E-state index contributed by atoms with van der Waals surface area (Å²) >= 11 is 5.80. The highest BCUT2D eigenvalue weighted by Crippen LogP contribution is 2.19. The van der Waals surface area contributed by atoms with Gasteiger partial charge >= 0.3 is 5.97 Å². The van der Waals surface area contributed by atoms with Crippen LogP contribution in [-0.2, 0) is 16.6 Å². The van der Waals surface area contributed by atoms with Crippen molar-refractivity contribution in [2.45, 2.75) is 26.9 Å². The Balaban J connectivity index is 2.04. The maximum absolute atomic E-state index is 12.2. The van der Waals surface area contributed by atoms with Gasteiger partial charge in [-0.15, -0.1) is 0 Å². The minimum atomic E-state index is -0.984. The number of rotatable bonds is 4. The Morgan fingerprint density at radius 1 is 1.39 bits per heavy atom. The van der Waals surface area contributed by atoms with Gasteiger partial charge in [0, 0.05) is 18.3 Å².